The van der Waals surface area contributed by atoms with Crippen LogP contribution in [0.4, 0.5) is 5.69 Å². The van der Waals surface area contributed by atoms with E-state index in [-0.39, 0.29) is 24.2 Å². The van der Waals surface area contributed by atoms with Crippen molar-refractivity contribution in [3.05, 3.63) is 45.9 Å². The van der Waals surface area contributed by atoms with Crippen molar-refractivity contribution >= 4 is 41.2 Å². The fourth-order valence-corrected chi connectivity index (χ4v) is 3.44. The molecule has 1 aliphatic heterocycles. The van der Waals surface area contributed by atoms with Crippen molar-refractivity contribution in [3.8, 4) is 0 Å². The molecule has 0 aliphatic carbocycles. The molecular weight excluding hydrogens is 360 g/mol. The minimum Gasteiger partial charge on any atom is -0.347 e. The van der Waals surface area contributed by atoms with Crippen LogP contribution in [-0.2, 0) is 17.8 Å². The molecule has 1 saturated heterocycles. The zero-order valence-corrected chi connectivity index (χ0v) is 15.4. The highest BCUT2D eigenvalue weighted by molar-refractivity contribution is 7.09. The van der Waals surface area contributed by atoms with Crippen molar-refractivity contribution in [2.24, 2.45) is 5.73 Å². The van der Waals surface area contributed by atoms with Crippen LogP contribution < -0.4 is 16.0 Å². The molecule has 0 atom stereocenters. The van der Waals surface area contributed by atoms with Gasteiger partial charge in [-0.05, 0) is 30.7 Å². The van der Waals surface area contributed by atoms with Crippen molar-refractivity contribution < 1.29 is 9.59 Å². The van der Waals surface area contributed by atoms with Crippen molar-refractivity contribution in [1.82, 2.24) is 10.3 Å². The maximum atomic E-state index is 12.1. The standard InChI is InChI=1S/C17H20N4O2S.ClH/c18-8-7-15-20-14(11-24-15)17(23)19-10-12-3-5-13(6-4-12)21-9-1-2-16(21)22;/h3-6,11H,1-2,7-10,18H2,(H,19,23);1H. The average Bonchev–Trinajstić information content (AvgIpc) is 3.23. The van der Waals surface area contributed by atoms with E-state index in [4.69, 9.17) is 5.73 Å². The van der Waals surface area contributed by atoms with E-state index in [2.05, 4.69) is 10.3 Å². The van der Waals surface area contributed by atoms with E-state index < -0.39 is 0 Å². The third kappa shape index (κ3) is 4.78. The second kappa shape index (κ2) is 8.94. The number of amides is 2. The number of carbonyl (C=O) groups excluding carboxylic acids is 2. The number of benzene rings is 1. The molecule has 25 heavy (non-hydrogen) atoms. The number of nitrogens with one attached hydrogen (secondary N) is 1. The quantitative estimate of drug-likeness (QED) is 0.803. The minimum absolute atomic E-state index is 0. The molecule has 0 radical (unpaired) electrons. The lowest BCUT2D eigenvalue weighted by molar-refractivity contribution is -0.117. The summed E-state index contributed by atoms with van der Waals surface area (Å²) in [5.41, 5.74) is 7.82. The SMILES string of the molecule is Cl.NCCc1nc(C(=O)NCc2ccc(N3CCCC3=O)cc2)cs1. The van der Waals surface area contributed by atoms with Crippen LogP contribution in [0.3, 0.4) is 0 Å². The lowest BCUT2D eigenvalue weighted by Gasteiger charge is -2.16. The van der Waals surface area contributed by atoms with Gasteiger partial charge in [0.05, 0.1) is 5.01 Å². The molecule has 134 valence electrons. The first-order valence-electron chi connectivity index (χ1n) is 7.99. The summed E-state index contributed by atoms with van der Waals surface area (Å²) < 4.78 is 0. The molecule has 1 aromatic carbocycles. The Morgan fingerprint density at radius 2 is 2.08 bits per heavy atom. The van der Waals surface area contributed by atoms with Gasteiger partial charge in [0.15, 0.2) is 0 Å². The van der Waals surface area contributed by atoms with Crippen LogP contribution in [0.25, 0.3) is 0 Å². The summed E-state index contributed by atoms with van der Waals surface area (Å²) in [6.07, 6.45) is 2.22. The monoisotopic (exact) mass is 380 g/mol. The number of hydrogen-bond acceptors (Lipinski definition) is 5. The van der Waals surface area contributed by atoms with E-state index in [9.17, 15) is 9.59 Å². The molecule has 0 saturated carbocycles. The second-order valence-corrected chi connectivity index (χ2v) is 6.61. The van der Waals surface area contributed by atoms with Crippen molar-refractivity contribution in [2.75, 3.05) is 18.0 Å². The molecule has 1 aliphatic rings. The van der Waals surface area contributed by atoms with E-state index in [0.29, 0.717) is 31.6 Å². The number of nitrogens with two attached hydrogens (primary N) is 1. The fraction of sp³-hybridized carbons (Fsp3) is 0.353. The minimum atomic E-state index is -0.187. The summed E-state index contributed by atoms with van der Waals surface area (Å²) in [5.74, 6) is -0.0128. The summed E-state index contributed by atoms with van der Waals surface area (Å²) in [6.45, 7) is 1.74. The highest BCUT2D eigenvalue weighted by atomic mass is 35.5. The Kier molecular flexibility index (Phi) is 6.92. The summed E-state index contributed by atoms with van der Waals surface area (Å²) in [7, 11) is 0. The van der Waals surface area contributed by atoms with Gasteiger partial charge >= 0.3 is 0 Å². The summed E-state index contributed by atoms with van der Waals surface area (Å²) in [4.78, 5) is 29.9. The molecule has 3 rings (SSSR count). The average molecular weight is 381 g/mol. The number of nitrogens with zero attached hydrogens (tertiary/aromatic N) is 2. The molecule has 2 aromatic rings. The zero-order valence-electron chi connectivity index (χ0n) is 13.7. The Labute approximate surface area is 156 Å². The van der Waals surface area contributed by atoms with Gasteiger partial charge in [-0.25, -0.2) is 4.98 Å². The number of anilines is 1. The van der Waals surface area contributed by atoms with Crippen molar-refractivity contribution in [2.45, 2.75) is 25.8 Å². The molecule has 8 heteroatoms. The molecule has 1 aromatic heterocycles. The van der Waals surface area contributed by atoms with Crippen molar-refractivity contribution in [3.63, 3.8) is 0 Å². The van der Waals surface area contributed by atoms with Crippen LogP contribution in [0.15, 0.2) is 29.6 Å². The van der Waals surface area contributed by atoms with Crippen LogP contribution >= 0.6 is 23.7 Å². The maximum absolute atomic E-state index is 12.1. The van der Waals surface area contributed by atoms with Crippen LogP contribution in [0.1, 0.15) is 33.9 Å². The predicted octanol–water partition coefficient (Wildman–Crippen LogP) is 2.12. The maximum Gasteiger partial charge on any atom is 0.271 e. The van der Waals surface area contributed by atoms with Gasteiger partial charge in [0.1, 0.15) is 5.69 Å². The first kappa shape index (κ1) is 19.4. The molecule has 0 bridgehead atoms. The molecular formula is C17H21ClN4O2S. The Bertz CT molecular complexity index is 733. The summed E-state index contributed by atoms with van der Waals surface area (Å²) >= 11 is 1.45. The Hall–Kier alpha value is -1.96. The third-order valence-electron chi connectivity index (χ3n) is 3.92. The Balaban J connectivity index is 0.00000225. The fourth-order valence-electron chi connectivity index (χ4n) is 2.64. The van der Waals surface area contributed by atoms with Gasteiger partial charge in [-0.3, -0.25) is 9.59 Å². The number of thiazole rings is 1. The molecule has 2 heterocycles. The third-order valence-corrected chi connectivity index (χ3v) is 4.83. The molecule has 6 nitrogen and oxygen atoms in total. The summed E-state index contributed by atoms with van der Waals surface area (Å²) in [6, 6.07) is 7.71. The van der Waals surface area contributed by atoms with Gasteiger partial charge in [-0.15, -0.1) is 23.7 Å². The zero-order chi connectivity index (χ0) is 16.9. The number of halogens is 1. The molecule has 0 spiro atoms. The lowest BCUT2D eigenvalue weighted by atomic mass is 10.2. The number of carbonyl (C=O) groups is 2. The second-order valence-electron chi connectivity index (χ2n) is 5.66. The Morgan fingerprint density at radius 1 is 1.32 bits per heavy atom. The largest absolute Gasteiger partial charge is 0.347 e. The molecule has 1 fully saturated rings. The number of aromatic nitrogens is 1. The number of hydrogen-bond donors (Lipinski definition) is 2. The van der Waals surface area contributed by atoms with Crippen molar-refractivity contribution in [1.29, 1.82) is 0 Å². The van der Waals surface area contributed by atoms with Gasteiger partial charge in [0.2, 0.25) is 5.91 Å². The van der Waals surface area contributed by atoms with E-state index in [1.54, 1.807) is 10.3 Å². The van der Waals surface area contributed by atoms with Crippen LogP contribution in [0.5, 0.6) is 0 Å². The topological polar surface area (TPSA) is 88.3 Å². The molecule has 0 unspecified atom stereocenters. The normalized spacial score (nSPS) is 13.6. The first-order valence-corrected chi connectivity index (χ1v) is 8.87. The smallest absolute Gasteiger partial charge is 0.271 e. The van der Waals surface area contributed by atoms with Gasteiger partial charge in [0.25, 0.3) is 5.91 Å². The van der Waals surface area contributed by atoms with Gasteiger partial charge in [-0.2, -0.15) is 0 Å². The van der Waals surface area contributed by atoms with E-state index in [0.717, 1.165) is 29.2 Å². The number of rotatable bonds is 6. The van der Waals surface area contributed by atoms with E-state index >= 15 is 0 Å². The van der Waals surface area contributed by atoms with E-state index in [1.165, 1.54) is 11.3 Å². The van der Waals surface area contributed by atoms with Gasteiger partial charge in [-0.1, -0.05) is 12.1 Å². The van der Waals surface area contributed by atoms with Crippen LogP contribution in [-0.4, -0.2) is 29.9 Å². The summed E-state index contributed by atoms with van der Waals surface area (Å²) in [5, 5.41) is 5.49. The van der Waals surface area contributed by atoms with Gasteiger partial charge < -0.3 is 16.0 Å². The first-order chi connectivity index (χ1) is 11.7. The van der Waals surface area contributed by atoms with Gasteiger partial charge in [0, 0.05) is 37.0 Å². The highest BCUT2D eigenvalue weighted by Gasteiger charge is 2.21. The molecule has 3 N–H and O–H groups in total. The predicted molar refractivity (Wildman–Crippen MR) is 101 cm³/mol. The van der Waals surface area contributed by atoms with E-state index in [1.807, 2.05) is 24.3 Å². The molecule has 2 amide bonds. The van der Waals surface area contributed by atoms with Crippen LogP contribution in [0.2, 0.25) is 0 Å². The Morgan fingerprint density at radius 3 is 2.72 bits per heavy atom. The highest BCUT2D eigenvalue weighted by Crippen LogP contribution is 2.21. The van der Waals surface area contributed by atoms with Crippen LogP contribution in [0, 0.1) is 0 Å². The lowest BCUT2D eigenvalue weighted by Crippen LogP contribution is -2.24.